The van der Waals surface area contributed by atoms with Gasteiger partial charge in [0, 0.05) is 22.4 Å². The highest BCUT2D eigenvalue weighted by atomic mass is 32.1. The molecule has 0 spiro atoms. The summed E-state index contributed by atoms with van der Waals surface area (Å²) >= 11 is 3.06. The summed E-state index contributed by atoms with van der Waals surface area (Å²) in [4.78, 5) is 17.8. The van der Waals surface area contributed by atoms with Gasteiger partial charge in [-0.25, -0.2) is 4.98 Å². The van der Waals surface area contributed by atoms with E-state index in [0.29, 0.717) is 4.88 Å². The van der Waals surface area contributed by atoms with Gasteiger partial charge in [-0.3, -0.25) is 4.79 Å². The van der Waals surface area contributed by atoms with Crippen LogP contribution in [0, 0.1) is 12.3 Å². The number of nitrogens with one attached hydrogen (secondary N) is 1. The average Bonchev–Trinajstić information content (AvgIpc) is 3.20. The summed E-state index contributed by atoms with van der Waals surface area (Å²) in [6.45, 7) is 4.03. The third kappa shape index (κ3) is 2.83. The molecule has 118 valence electrons. The fourth-order valence-electron chi connectivity index (χ4n) is 3.01. The molecular weight excluding hydrogens is 316 g/mol. The number of thiophene rings is 1. The molecule has 22 heavy (non-hydrogen) atoms. The molecule has 2 atom stereocenters. The van der Waals surface area contributed by atoms with E-state index in [-0.39, 0.29) is 24.0 Å². The highest BCUT2D eigenvalue weighted by molar-refractivity contribution is 7.17. The molecule has 1 saturated carbocycles. The van der Waals surface area contributed by atoms with E-state index in [2.05, 4.69) is 10.3 Å². The summed E-state index contributed by atoms with van der Waals surface area (Å²) < 4.78 is 0. The molecular formula is C16H20N2O2S2. The molecule has 4 nitrogen and oxygen atoms in total. The Morgan fingerprint density at radius 1 is 1.59 bits per heavy atom. The Morgan fingerprint density at radius 3 is 3.09 bits per heavy atom. The number of aliphatic hydroxyl groups excluding tert-OH is 1. The minimum absolute atomic E-state index is 0.0381. The zero-order valence-electron chi connectivity index (χ0n) is 12.8. The smallest absolute Gasteiger partial charge is 0.263 e. The molecule has 2 aromatic heterocycles. The molecule has 6 heteroatoms. The van der Waals surface area contributed by atoms with Crippen molar-refractivity contribution < 1.29 is 9.90 Å². The van der Waals surface area contributed by atoms with Crippen molar-refractivity contribution >= 4 is 28.6 Å². The highest BCUT2D eigenvalue weighted by Crippen LogP contribution is 2.38. The first-order chi connectivity index (χ1) is 10.5. The molecule has 2 unspecified atom stereocenters. The van der Waals surface area contributed by atoms with Crippen LogP contribution < -0.4 is 5.32 Å². The molecule has 2 N–H and O–H groups in total. The second-order valence-corrected chi connectivity index (χ2v) is 7.96. The second-order valence-electron chi connectivity index (χ2n) is 6.18. The lowest BCUT2D eigenvalue weighted by molar-refractivity contribution is 0.0833. The van der Waals surface area contributed by atoms with Crippen molar-refractivity contribution in [2.75, 3.05) is 6.61 Å². The number of aromatic nitrogens is 1. The molecule has 2 aromatic rings. The van der Waals surface area contributed by atoms with Crippen LogP contribution in [0.25, 0.3) is 10.6 Å². The molecule has 0 radical (unpaired) electrons. The van der Waals surface area contributed by atoms with E-state index in [4.69, 9.17) is 0 Å². The highest BCUT2D eigenvalue weighted by Gasteiger charge is 2.39. The largest absolute Gasteiger partial charge is 0.396 e. The van der Waals surface area contributed by atoms with Crippen LogP contribution >= 0.6 is 22.7 Å². The quantitative estimate of drug-likeness (QED) is 0.899. The van der Waals surface area contributed by atoms with Gasteiger partial charge in [-0.1, -0.05) is 13.3 Å². The zero-order chi connectivity index (χ0) is 15.7. The molecule has 0 bridgehead atoms. The van der Waals surface area contributed by atoms with Gasteiger partial charge in [0.05, 0.1) is 12.3 Å². The summed E-state index contributed by atoms with van der Waals surface area (Å²) in [5, 5.41) is 17.7. The van der Waals surface area contributed by atoms with Gasteiger partial charge in [0.25, 0.3) is 5.91 Å². The summed E-state index contributed by atoms with van der Waals surface area (Å²) in [7, 11) is 0. The summed E-state index contributed by atoms with van der Waals surface area (Å²) in [6, 6.07) is 2.06. The average molecular weight is 336 g/mol. The topological polar surface area (TPSA) is 62.2 Å². The Labute approximate surface area is 138 Å². The lowest BCUT2D eigenvalue weighted by atomic mass is 9.86. The van der Waals surface area contributed by atoms with Gasteiger partial charge < -0.3 is 10.4 Å². The molecule has 2 heterocycles. The first-order valence-corrected chi connectivity index (χ1v) is 9.21. The number of rotatable bonds is 4. The summed E-state index contributed by atoms with van der Waals surface area (Å²) in [5.74, 6) is -0.0666. The van der Waals surface area contributed by atoms with E-state index in [1.807, 2.05) is 30.7 Å². The van der Waals surface area contributed by atoms with Crippen LogP contribution in [0.2, 0.25) is 0 Å². The maximum Gasteiger partial charge on any atom is 0.263 e. The summed E-state index contributed by atoms with van der Waals surface area (Å²) in [5.41, 5.74) is 1.63. The maximum absolute atomic E-state index is 12.6. The van der Waals surface area contributed by atoms with Crippen LogP contribution in [-0.4, -0.2) is 28.6 Å². The number of carbonyl (C=O) groups is 1. The minimum atomic E-state index is -0.204. The fraction of sp³-hybridized carbons (Fsp3) is 0.500. The second kappa shape index (κ2) is 6.10. The van der Waals surface area contributed by atoms with Crippen molar-refractivity contribution in [2.45, 2.75) is 39.2 Å². The Balaban J connectivity index is 1.78. The van der Waals surface area contributed by atoms with E-state index in [1.54, 1.807) is 11.3 Å². The molecule has 1 aliphatic carbocycles. The monoisotopic (exact) mass is 336 g/mol. The van der Waals surface area contributed by atoms with Gasteiger partial charge in [0.15, 0.2) is 0 Å². The van der Waals surface area contributed by atoms with Crippen LogP contribution in [0.4, 0.5) is 0 Å². The SMILES string of the molecule is Cc1nc(-c2ccsc2)sc1C(=O)NC1CCCC1(C)CO. The van der Waals surface area contributed by atoms with Gasteiger partial charge in [0.2, 0.25) is 0 Å². The van der Waals surface area contributed by atoms with E-state index >= 15 is 0 Å². The Kier molecular flexibility index (Phi) is 4.34. The standard InChI is InChI=1S/C16H20N2O2S2/c1-10-13(22-15(17-10)11-5-7-21-8-11)14(20)18-12-4-3-6-16(12,2)9-19/h5,7-8,12,19H,3-4,6,9H2,1-2H3,(H,18,20). The van der Waals surface area contributed by atoms with Gasteiger partial charge in [-0.15, -0.1) is 11.3 Å². The van der Waals surface area contributed by atoms with Crippen molar-refractivity contribution in [3.8, 4) is 10.6 Å². The van der Waals surface area contributed by atoms with Crippen molar-refractivity contribution in [1.29, 1.82) is 0 Å². The predicted octanol–water partition coefficient (Wildman–Crippen LogP) is 3.46. The van der Waals surface area contributed by atoms with Crippen molar-refractivity contribution in [1.82, 2.24) is 10.3 Å². The number of nitrogens with zero attached hydrogens (tertiary/aromatic N) is 1. The van der Waals surface area contributed by atoms with Crippen molar-refractivity contribution in [3.05, 3.63) is 27.4 Å². The van der Waals surface area contributed by atoms with E-state index in [1.165, 1.54) is 11.3 Å². The lowest BCUT2D eigenvalue weighted by Gasteiger charge is -2.29. The normalized spacial score (nSPS) is 24.6. The van der Waals surface area contributed by atoms with Crippen LogP contribution in [-0.2, 0) is 0 Å². The number of amides is 1. The van der Waals surface area contributed by atoms with Crippen LogP contribution in [0.3, 0.4) is 0 Å². The van der Waals surface area contributed by atoms with E-state index in [0.717, 1.165) is 35.5 Å². The molecule has 0 saturated heterocycles. The molecule has 1 fully saturated rings. The molecule has 0 aliphatic heterocycles. The maximum atomic E-state index is 12.6. The number of hydrogen-bond acceptors (Lipinski definition) is 5. The van der Waals surface area contributed by atoms with Crippen LogP contribution in [0.1, 0.15) is 41.6 Å². The molecule has 0 aromatic carbocycles. The number of thiazole rings is 1. The number of carbonyl (C=O) groups excluding carboxylic acids is 1. The Hall–Kier alpha value is -1.24. The lowest BCUT2D eigenvalue weighted by Crippen LogP contribution is -2.44. The Bertz CT molecular complexity index is 666. The minimum Gasteiger partial charge on any atom is -0.396 e. The van der Waals surface area contributed by atoms with Crippen molar-refractivity contribution in [2.24, 2.45) is 5.41 Å². The molecule has 1 amide bonds. The molecule has 1 aliphatic rings. The first-order valence-electron chi connectivity index (χ1n) is 7.45. The van der Waals surface area contributed by atoms with E-state index < -0.39 is 0 Å². The number of aliphatic hydroxyl groups is 1. The van der Waals surface area contributed by atoms with Gasteiger partial charge in [-0.2, -0.15) is 11.3 Å². The first kappa shape index (κ1) is 15.6. The molecule has 3 rings (SSSR count). The van der Waals surface area contributed by atoms with Gasteiger partial charge in [0.1, 0.15) is 9.88 Å². The number of aryl methyl sites for hydroxylation is 1. The van der Waals surface area contributed by atoms with Gasteiger partial charge in [-0.05, 0) is 31.2 Å². The third-order valence-corrected chi connectivity index (χ3v) is 6.41. The van der Waals surface area contributed by atoms with Crippen molar-refractivity contribution in [3.63, 3.8) is 0 Å². The number of hydrogen-bond donors (Lipinski definition) is 2. The zero-order valence-corrected chi connectivity index (χ0v) is 14.4. The third-order valence-electron chi connectivity index (χ3n) is 4.52. The van der Waals surface area contributed by atoms with E-state index in [9.17, 15) is 9.90 Å². The predicted molar refractivity (Wildman–Crippen MR) is 90.5 cm³/mol. The fourth-order valence-corrected chi connectivity index (χ4v) is 4.69. The Morgan fingerprint density at radius 2 is 2.41 bits per heavy atom. The summed E-state index contributed by atoms with van der Waals surface area (Å²) in [6.07, 6.45) is 2.93. The van der Waals surface area contributed by atoms with Crippen LogP contribution in [0.15, 0.2) is 16.8 Å². The van der Waals surface area contributed by atoms with Crippen LogP contribution in [0.5, 0.6) is 0 Å². The van der Waals surface area contributed by atoms with Gasteiger partial charge >= 0.3 is 0 Å².